The average molecular weight is 479 g/mol. The van der Waals surface area contributed by atoms with Crippen LogP contribution in [-0.4, -0.2) is 37.2 Å². The van der Waals surface area contributed by atoms with E-state index in [1.165, 1.54) is 45.6 Å². The number of hydrogen-bond acceptors (Lipinski definition) is 6. The van der Waals surface area contributed by atoms with E-state index in [-0.39, 0.29) is 6.04 Å². The number of hydrogen-bond donors (Lipinski definition) is 1. The van der Waals surface area contributed by atoms with Gasteiger partial charge in [-0.3, -0.25) is 0 Å². The van der Waals surface area contributed by atoms with E-state index in [0.717, 1.165) is 25.7 Å². The molecule has 2 aromatic rings. The van der Waals surface area contributed by atoms with Crippen molar-refractivity contribution in [1.82, 2.24) is 5.32 Å². The van der Waals surface area contributed by atoms with E-state index in [9.17, 15) is 9.59 Å². The van der Waals surface area contributed by atoms with Crippen LogP contribution >= 0.6 is 0 Å². The molecule has 0 saturated heterocycles. The lowest BCUT2D eigenvalue weighted by atomic mass is 9.95. The highest BCUT2D eigenvalue weighted by Gasteiger charge is 2.21. The lowest BCUT2D eigenvalue weighted by molar-refractivity contribution is 0.0597. The van der Waals surface area contributed by atoms with Crippen molar-refractivity contribution >= 4 is 18.0 Å². The molecule has 35 heavy (non-hydrogen) atoms. The summed E-state index contributed by atoms with van der Waals surface area (Å²) in [5.74, 6) is -0.0528. The monoisotopic (exact) mass is 478 g/mol. The SMILES string of the molecule is COC(=O)c1ccccc1Oc1ccc(C(=O)OC(=NC2CCCCC2)NC2CCCCC2)cc1. The molecule has 2 fully saturated rings. The number of methoxy groups -OCH3 is 1. The molecular formula is C28H34N2O5. The van der Waals surface area contributed by atoms with Crippen LogP contribution in [0.3, 0.4) is 0 Å². The molecule has 0 atom stereocenters. The Morgan fingerprint density at radius 1 is 0.829 bits per heavy atom. The minimum atomic E-state index is -0.476. The van der Waals surface area contributed by atoms with E-state index in [1.54, 1.807) is 48.5 Å². The van der Waals surface area contributed by atoms with Gasteiger partial charge >= 0.3 is 11.9 Å². The van der Waals surface area contributed by atoms with Gasteiger partial charge in [-0.05, 0) is 62.1 Å². The van der Waals surface area contributed by atoms with Gasteiger partial charge in [-0.15, -0.1) is 0 Å². The van der Waals surface area contributed by atoms with Crippen molar-refractivity contribution in [2.75, 3.05) is 7.11 Å². The summed E-state index contributed by atoms with van der Waals surface area (Å²) in [6.45, 7) is 0. The van der Waals surface area contributed by atoms with Gasteiger partial charge in [-0.2, -0.15) is 0 Å². The number of ether oxygens (including phenoxy) is 3. The predicted octanol–water partition coefficient (Wildman–Crippen LogP) is 6.03. The fraction of sp³-hybridized carbons (Fsp3) is 0.464. The van der Waals surface area contributed by atoms with E-state index in [2.05, 4.69) is 5.32 Å². The van der Waals surface area contributed by atoms with Crippen LogP contribution in [0.5, 0.6) is 11.5 Å². The molecule has 0 radical (unpaired) electrons. The maximum Gasteiger partial charge on any atom is 0.345 e. The second-order valence-electron chi connectivity index (χ2n) is 9.21. The minimum absolute atomic E-state index is 0.202. The molecule has 7 heteroatoms. The number of carbonyl (C=O) groups is 2. The van der Waals surface area contributed by atoms with E-state index in [4.69, 9.17) is 19.2 Å². The highest BCUT2D eigenvalue weighted by atomic mass is 16.6. The second-order valence-corrected chi connectivity index (χ2v) is 9.21. The zero-order valence-corrected chi connectivity index (χ0v) is 20.3. The van der Waals surface area contributed by atoms with Gasteiger partial charge in [0.2, 0.25) is 0 Å². The normalized spacial score (nSPS) is 17.5. The van der Waals surface area contributed by atoms with Crippen LogP contribution in [0.4, 0.5) is 0 Å². The molecule has 0 spiro atoms. The van der Waals surface area contributed by atoms with Gasteiger partial charge in [0.25, 0.3) is 6.02 Å². The van der Waals surface area contributed by atoms with Crippen LogP contribution in [0, 0.1) is 0 Å². The largest absolute Gasteiger partial charge is 0.465 e. The molecule has 2 aromatic carbocycles. The molecule has 186 valence electrons. The van der Waals surface area contributed by atoms with Crippen LogP contribution in [0.25, 0.3) is 0 Å². The molecule has 0 heterocycles. The zero-order valence-electron chi connectivity index (χ0n) is 20.3. The predicted molar refractivity (Wildman–Crippen MR) is 134 cm³/mol. The third-order valence-electron chi connectivity index (χ3n) is 6.61. The third-order valence-corrected chi connectivity index (χ3v) is 6.61. The summed E-state index contributed by atoms with van der Waals surface area (Å²) in [4.78, 5) is 29.7. The molecule has 2 saturated carbocycles. The van der Waals surface area contributed by atoms with Gasteiger partial charge < -0.3 is 19.5 Å². The number of carbonyl (C=O) groups excluding carboxylic acids is 2. The Morgan fingerprint density at radius 3 is 2.17 bits per heavy atom. The number of rotatable bonds is 6. The molecule has 2 aliphatic rings. The van der Waals surface area contributed by atoms with Gasteiger partial charge in [0.15, 0.2) is 0 Å². The van der Waals surface area contributed by atoms with E-state index >= 15 is 0 Å². The number of amidine groups is 1. The fourth-order valence-corrected chi connectivity index (χ4v) is 4.66. The van der Waals surface area contributed by atoms with Crippen molar-refractivity contribution in [1.29, 1.82) is 0 Å². The Bertz CT molecular complexity index is 1020. The summed E-state index contributed by atoms with van der Waals surface area (Å²) in [5, 5.41) is 3.41. The highest BCUT2D eigenvalue weighted by molar-refractivity contribution is 5.98. The van der Waals surface area contributed by atoms with Crippen LogP contribution < -0.4 is 10.1 Å². The van der Waals surface area contributed by atoms with Crippen LogP contribution in [0.15, 0.2) is 53.5 Å². The molecule has 2 aliphatic carbocycles. The number of benzene rings is 2. The molecule has 0 aromatic heterocycles. The highest BCUT2D eigenvalue weighted by Crippen LogP contribution is 2.26. The van der Waals surface area contributed by atoms with Gasteiger partial charge in [0.05, 0.1) is 18.7 Å². The smallest absolute Gasteiger partial charge is 0.345 e. The average Bonchev–Trinajstić information content (AvgIpc) is 2.90. The van der Waals surface area contributed by atoms with Gasteiger partial charge in [0, 0.05) is 6.04 Å². The van der Waals surface area contributed by atoms with E-state index in [1.807, 2.05) is 0 Å². The Hall–Kier alpha value is -3.35. The number of para-hydroxylation sites is 1. The molecule has 0 aliphatic heterocycles. The molecule has 0 unspecified atom stereocenters. The third kappa shape index (κ3) is 7.07. The maximum atomic E-state index is 12.9. The Labute approximate surface area is 206 Å². The topological polar surface area (TPSA) is 86.2 Å². The van der Waals surface area contributed by atoms with Crippen LogP contribution in [0.2, 0.25) is 0 Å². The number of esters is 2. The van der Waals surface area contributed by atoms with Crippen molar-refractivity contribution in [2.24, 2.45) is 4.99 Å². The van der Waals surface area contributed by atoms with Crippen LogP contribution in [0.1, 0.15) is 84.9 Å². The van der Waals surface area contributed by atoms with Gasteiger partial charge in [-0.1, -0.05) is 50.7 Å². The summed E-state index contributed by atoms with van der Waals surface area (Å²) in [6, 6.07) is 14.4. The van der Waals surface area contributed by atoms with Crippen molar-refractivity contribution in [2.45, 2.75) is 76.3 Å². The summed E-state index contributed by atoms with van der Waals surface area (Å²) < 4.78 is 16.4. The van der Waals surface area contributed by atoms with Gasteiger partial charge in [-0.25, -0.2) is 14.6 Å². The quantitative estimate of drug-likeness (QED) is 0.310. The Balaban J connectivity index is 1.43. The van der Waals surface area contributed by atoms with Crippen molar-refractivity contribution in [3.05, 3.63) is 59.7 Å². The van der Waals surface area contributed by atoms with Crippen molar-refractivity contribution in [3.63, 3.8) is 0 Å². The molecule has 0 bridgehead atoms. The van der Waals surface area contributed by atoms with E-state index in [0.29, 0.717) is 34.7 Å². The standard InChI is InChI=1S/C28H34N2O5/c1-33-27(32)24-14-8-9-15-25(24)34-23-18-16-20(17-19-23)26(31)35-28(29-21-10-4-2-5-11-21)30-22-12-6-3-7-13-22/h8-9,14-19,21-22H,2-7,10-13H2,1H3,(H,29,30). The fourth-order valence-electron chi connectivity index (χ4n) is 4.66. The summed E-state index contributed by atoms with van der Waals surface area (Å²) in [7, 11) is 1.33. The first-order chi connectivity index (χ1) is 17.1. The second kappa shape index (κ2) is 12.4. The Morgan fingerprint density at radius 2 is 1.49 bits per heavy atom. The zero-order chi connectivity index (χ0) is 24.5. The first kappa shape index (κ1) is 24.8. The number of nitrogens with one attached hydrogen (secondary N) is 1. The molecule has 1 N–H and O–H groups in total. The number of aliphatic imine (C=N–C) groups is 1. The summed E-state index contributed by atoms with van der Waals surface area (Å²) in [6.07, 6.45) is 11.4. The maximum absolute atomic E-state index is 12.9. The molecule has 4 rings (SSSR count). The summed E-state index contributed by atoms with van der Waals surface area (Å²) in [5.41, 5.74) is 0.733. The molecular weight excluding hydrogens is 444 g/mol. The van der Waals surface area contributed by atoms with Gasteiger partial charge in [0.1, 0.15) is 17.1 Å². The van der Waals surface area contributed by atoms with E-state index < -0.39 is 11.9 Å². The first-order valence-corrected chi connectivity index (χ1v) is 12.6. The summed E-state index contributed by atoms with van der Waals surface area (Å²) >= 11 is 0. The van der Waals surface area contributed by atoms with Crippen molar-refractivity contribution < 1.29 is 23.8 Å². The Kier molecular flexibility index (Phi) is 8.76. The first-order valence-electron chi connectivity index (χ1n) is 12.6. The van der Waals surface area contributed by atoms with Crippen LogP contribution in [-0.2, 0) is 9.47 Å². The molecule has 0 amide bonds. The lowest BCUT2D eigenvalue weighted by Gasteiger charge is -2.25. The number of nitrogens with zero attached hydrogens (tertiary/aromatic N) is 1. The lowest BCUT2D eigenvalue weighted by Crippen LogP contribution is -2.39. The minimum Gasteiger partial charge on any atom is -0.465 e. The van der Waals surface area contributed by atoms with Crippen molar-refractivity contribution in [3.8, 4) is 11.5 Å². The molecule has 7 nitrogen and oxygen atoms in total.